The van der Waals surface area contributed by atoms with Crippen molar-refractivity contribution in [2.24, 2.45) is 0 Å². The molecule has 0 amide bonds. The van der Waals surface area contributed by atoms with Crippen LogP contribution in [0, 0.1) is 0 Å². The van der Waals surface area contributed by atoms with Crippen LogP contribution in [0.25, 0.3) is 0 Å². The predicted octanol–water partition coefficient (Wildman–Crippen LogP) is 2.37. The first-order valence-electron chi connectivity index (χ1n) is 4.73. The summed E-state index contributed by atoms with van der Waals surface area (Å²) < 4.78 is 0. The summed E-state index contributed by atoms with van der Waals surface area (Å²) in [4.78, 5) is 0. The molecule has 1 aromatic heterocycles. The van der Waals surface area contributed by atoms with E-state index in [1.165, 1.54) is 0 Å². The number of aromatic nitrogens is 2. The van der Waals surface area contributed by atoms with Crippen LogP contribution in [0.5, 0.6) is 0 Å². The van der Waals surface area contributed by atoms with Crippen LogP contribution >= 0.6 is 11.6 Å². The minimum absolute atomic E-state index is 0.129. The molecular formula is C11H12ClN3. The molecule has 0 spiro atoms. The van der Waals surface area contributed by atoms with Crippen LogP contribution in [-0.2, 0) is 0 Å². The summed E-state index contributed by atoms with van der Waals surface area (Å²) in [5.41, 5.74) is 2.20. The number of rotatable bonds is 3. The molecule has 15 heavy (non-hydrogen) atoms. The molecule has 0 radical (unpaired) electrons. The van der Waals surface area contributed by atoms with Gasteiger partial charge in [-0.15, -0.1) is 0 Å². The van der Waals surface area contributed by atoms with Gasteiger partial charge in [0.1, 0.15) is 0 Å². The molecule has 1 unspecified atom stereocenters. The van der Waals surface area contributed by atoms with Crippen LogP contribution in [0.2, 0.25) is 5.02 Å². The minimum atomic E-state index is 0.129. The Balaban J connectivity index is 2.31. The SMILES string of the molecule is CNC(c1ccc(Cl)cc1)c1ccn[nH]1. The van der Waals surface area contributed by atoms with Crippen LogP contribution in [0.1, 0.15) is 17.3 Å². The Morgan fingerprint density at radius 3 is 2.53 bits per heavy atom. The highest BCUT2D eigenvalue weighted by Crippen LogP contribution is 2.21. The first kappa shape index (κ1) is 10.2. The molecule has 1 aromatic carbocycles. The van der Waals surface area contributed by atoms with Crippen molar-refractivity contribution < 1.29 is 0 Å². The maximum atomic E-state index is 5.84. The van der Waals surface area contributed by atoms with E-state index < -0.39 is 0 Å². The Bertz CT molecular complexity index is 408. The van der Waals surface area contributed by atoms with Crippen LogP contribution in [0.4, 0.5) is 0 Å². The molecule has 2 aromatic rings. The van der Waals surface area contributed by atoms with Crippen molar-refractivity contribution in [1.82, 2.24) is 15.5 Å². The molecule has 0 bridgehead atoms. The summed E-state index contributed by atoms with van der Waals surface area (Å²) in [6.45, 7) is 0. The Labute approximate surface area is 93.5 Å². The zero-order chi connectivity index (χ0) is 10.7. The van der Waals surface area contributed by atoms with Crippen molar-refractivity contribution in [2.45, 2.75) is 6.04 Å². The van der Waals surface area contributed by atoms with Gasteiger partial charge in [-0.1, -0.05) is 23.7 Å². The molecular weight excluding hydrogens is 210 g/mol. The fraction of sp³-hybridized carbons (Fsp3) is 0.182. The van der Waals surface area contributed by atoms with E-state index in [9.17, 15) is 0 Å². The second-order valence-corrected chi connectivity index (χ2v) is 3.72. The Morgan fingerprint density at radius 1 is 1.27 bits per heavy atom. The van der Waals surface area contributed by atoms with Gasteiger partial charge < -0.3 is 5.32 Å². The largest absolute Gasteiger partial charge is 0.308 e. The molecule has 1 heterocycles. The van der Waals surface area contributed by atoms with Gasteiger partial charge in [0.15, 0.2) is 0 Å². The third-order valence-electron chi connectivity index (χ3n) is 2.33. The molecule has 78 valence electrons. The van der Waals surface area contributed by atoms with E-state index in [-0.39, 0.29) is 6.04 Å². The van der Waals surface area contributed by atoms with E-state index in [4.69, 9.17) is 11.6 Å². The second-order valence-electron chi connectivity index (χ2n) is 3.29. The summed E-state index contributed by atoms with van der Waals surface area (Å²) in [5, 5.41) is 10.9. The molecule has 2 rings (SSSR count). The number of aromatic amines is 1. The molecule has 0 saturated carbocycles. The Morgan fingerprint density at radius 2 is 2.00 bits per heavy atom. The summed E-state index contributed by atoms with van der Waals surface area (Å²) in [6, 6.07) is 9.87. The number of hydrogen-bond donors (Lipinski definition) is 2. The van der Waals surface area contributed by atoms with Crippen molar-refractivity contribution in [3.8, 4) is 0 Å². The zero-order valence-corrected chi connectivity index (χ0v) is 9.12. The lowest BCUT2D eigenvalue weighted by atomic mass is 10.0. The van der Waals surface area contributed by atoms with Gasteiger partial charge in [0.05, 0.1) is 11.7 Å². The van der Waals surface area contributed by atoms with Crippen molar-refractivity contribution >= 4 is 11.6 Å². The molecule has 0 aliphatic rings. The van der Waals surface area contributed by atoms with Crippen LogP contribution in [-0.4, -0.2) is 17.2 Å². The maximum absolute atomic E-state index is 5.84. The van der Waals surface area contributed by atoms with Gasteiger partial charge in [0, 0.05) is 11.2 Å². The van der Waals surface area contributed by atoms with Gasteiger partial charge in [0.25, 0.3) is 0 Å². The summed E-state index contributed by atoms with van der Waals surface area (Å²) in [7, 11) is 1.92. The average Bonchev–Trinajstić information content (AvgIpc) is 2.75. The van der Waals surface area contributed by atoms with Crippen molar-refractivity contribution in [3.63, 3.8) is 0 Å². The summed E-state index contributed by atoms with van der Waals surface area (Å²) >= 11 is 5.84. The highest BCUT2D eigenvalue weighted by Gasteiger charge is 2.12. The number of H-pyrrole nitrogens is 1. The number of halogens is 1. The number of hydrogen-bond acceptors (Lipinski definition) is 2. The van der Waals surface area contributed by atoms with Crippen molar-refractivity contribution in [1.29, 1.82) is 0 Å². The number of nitrogens with zero attached hydrogens (tertiary/aromatic N) is 1. The fourth-order valence-corrected chi connectivity index (χ4v) is 1.71. The lowest BCUT2D eigenvalue weighted by molar-refractivity contribution is 0.668. The average molecular weight is 222 g/mol. The summed E-state index contributed by atoms with van der Waals surface area (Å²) in [5.74, 6) is 0. The highest BCUT2D eigenvalue weighted by molar-refractivity contribution is 6.30. The Kier molecular flexibility index (Phi) is 3.04. The van der Waals surface area contributed by atoms with E-state index in [2.05, 4.69) is 15.5 Å². The van der Waals surface area contributed by atoms with Gasteiger partial charge >= 0.3 is 0 Å². The van der Waals surface area contributed by atoms with E-state index >= 15 is 0 Å². The first-order chi connectivity index (χ1) is 7.31. The quantitative estimate of drug-likeness (QED) is 0.836. The standard InChI is InChI=1S/C11H12ClN3/c1-13-11(10-6-7-14-15-10)8-2-4-9(12)5-3-8/h2-7,11,13H,1H3,(H,14,15). The third kappa shape index (κ3) is 2.19. The van der Waals surface area contributed by atoms with Gasteiger partial charge in [-0.25, -0.2) is 0 Å². The molecule has 0 saturated heterocycles. The maximum Gasteiger partial charge on any atom is 0.0743 e. The van der Waals surface area contributed by atoms with Gasteiger partial charge in [0.2, 0.25) is 0 Å². The topological polar surface area (TPSA) is 40.7 Å². The van der Waals surface area contributed by atoms with Crippen LogP contribution in [0.15, 0.2) is 36.5 Å². The van der Waals surface area contributed by atoms with Gasteiger partial charge in [-0.3, -0.25) is 5.10 Å². The lowest BCUT2D eigenvalue weighted by Gasteiger charge is -2.14. The van der Waals surface area contributed by atoms with Crippen LogP contribution in [0.3, 0.4) is 0 Å². The molecule has 0 aliphatic heterocycles. The van der Waals surface area contributed by atoms with Gasteiger partial charge in [-0.2, -0.15) is 5.10 Å². The molecule has 1 atom stereocenters. The highest BCUT2D eigenvalue weighted by atomic mass is 35.5. The molecule has 3 nitrogen and oxygen atoms in total. The fourth-order valence-electron chi connectivity index (χ4n) is 1.58. The Hall–Kier alpha value is -1.32. The number of nitrogens with one attached hydrogen (secondary N) is 2. The zero-order valence-electron chi connectivity index (χ0n) is 8.37. The molecule has 0 fully saturated rings. The molecule has 2 N–H and O–H groups in total. The predicted molar refractivity (Wildman–Crippen MR) is 60.9 cm³/mol. The number of benzene rings is 1. The summed E-state index contributed by atoms with van der Waals surface area (Å²) in [6.07, 6.45) is 1.75. The molecule has 4 heteroatoms. The van der Waals surface area contributed by atoms with Crippen molar-refractivity contribution in [3.05, 3.63) is 52.8 Å². The van der Waals surface area contributed by atoms with E-state index in [0.29, 0.717) is 0 Å². The normalized spacial score (nSPS) is 12.7. The first-order valence-corrected chi connectivity index (χ1v) is 5.11. The van der Waals surface area contributed by atoms with E-state index in [1.807, 2.05) is 37.4 Å². The van der Waals surface area contributed by atoms with E-state index in [0.717, 1.165) is 16.3 Å². The smallest absolute Gasteiger partial charge is 0.0743 e. The van der Waals surface area contributed by atoms with E-state index in [1.54, 1.807) is 6.20 Å². The second kappa shape index (κ2) is 4.47. The molecule has 0 aliphatic carbocycles. The van der Waals surface area contributed by atoms with Crippen LogP contribution < -0.4 is 5.32 Å². The van der Waals surface area contributed by atoms with Gasteiger partial charge in [-0.05, 0) is 30.8 Å². The lowest BCUT2D eigenvalue weighted by Crippen LogP contribution is -2.17. The van der Waals surface area contributed by atoms with Crippen molar-refractivity contribution in [2.75, 3.05) is 7.05 Å². The minimum Gasteiger partial charge on any atom is -0.308 e. The third-order valence-corrected chi connectivity index (χ3v) is 2.58. The monoisotopic (exact) mass is 221 g/mol.